The number of aromatic nitrogens is 5. The van der Waals surface area contributed by atoms with Crippen LogP contribution in [0.2, 0.25) is 0 Å². The van der Waals surface area contributed by atoms with Crippen LogP contribution >= 0.6 is 0 Å². The van der Waals surface area contributed by atoms with Gasteiger partial charge in [0.25, 0.3) is 0 Å². The number of nitrogens with two attached hydrogens (primary N) is 1. The molecule has 7 nitrogen and oxygen atoms in total. The van der Waals surface area contributed by atoms with E-state index < -0.39 is 0 Å². The van der Waals surface area contributed by atoms with Crippen LogP contribution in [0.25, 0.3) is 0 Å². The summed E-state index contributed by atoms with van der Waals surface area (Å²) in [6.07, 6.45) is 4.42. The molecule has 0 spiro atoms. The van der Waals surface area contributed by atoms with Crippen molar-refractivity contribution in [2.24, 2.45) is 0 Å². The minimum absolute atomic E-state index is 0.248. The van der Waals surface area contributed by atoms with E-state index in [0.29, 0.717) is 13.1 Å². The van der Waals surface area contributed by atoms with Crippen molar-refractivity contribution < 1.29 is 0 Å². The first-order chi connectivity index (χ1) is 8.63. The van der Waals surface area contributed by atoms with Crippen LogP contribution in [-0.2, 0) is 19.5 Å². The Morgan fingerprint density at radius 2 is 2.11 bits per heavy atom. The maximum Gasteiger partial charge on any atom is 0.349 e. The molecule has 2 aromatic rings. The molecule has 0 atom stereocenters. The summed E-state index contributed by atoms with van der Waals surface area (Å²) >= 11 is 0. The van der Waals surface area contributed by atoms with E-state index in [9.17, 15) is 4.79 Å². The number of nitrogen functional groups attached to an aromatic ring is 1. The maximum atomic E-state index is 11.5. The van der Waals surface area contributed by atoms with Crippen molar-refractivity contribution in [2.75, 3.05) is 5.73 Å². The van der Waals surface area contributed by atoms with Crippen molar-refractivity contribution in [3.05, 3.63) is 34.1 Å². The minimum Gasteiger partial charge on any atom is -0.383 e. The van der Waals surface area contributed by atoms with Crippen molar-refractivity contribution in [2.45, 2.75) is 33.4 Å². The highest BCUT2D eigenvalue weighted by Crippen LogP contribution is 2.07. The van der Waals surface area contributed by atoms with Gasteiger partial charge in [-0.3, -0.25) is 4.57 Å². The number of hydrogen-bond acceptors (Lipinski definition) is 5. The molecule has 2 heterocycles. The van der Waals surface area contributed by atoms with Crippen molar-refractivity contribution in [3.63, 3.8) is 0 Å². The summed E-state index contributed by atoms with van der Waals surface area (Å²) in [5, 5.41) is 8.00. The average molecular weight is 248 g/mol. The molecule has 0 saturated carbocycles. The molecule has 0 bridgehead atoms. The Morgan fingerprint density at radius 1 is 1.33 bits per heavy atom. The lowest BCUT2D eigenvalue weighted by atomic mass is 10.3. The lowest BCUT2D eigenvalue weighted by molar-refractivity contribution is 0.629. The summed E-state index contributed by atoms with van der Waals surface area (Å²) in [7, 11) is 0. The summed E-state index contributed by atoms with van der Waals surface area (Å²) in [5.74, 6) is 0.248. The highest BCUT2D eigenvalue weighted by Gasteiger charge is 2.07. The van der Waals surface area contributed by atoms with Gasteiger partial charge in [-0.05, 0) is 13.3 Å². The van der Waals surface area contributed by atoms with E-state index in [1.807, 2.05) is 20.0 Å². The molecular formula is C11H16N6O. The minimum atomic E-state index is -0.327. The van der Waals surface area contributed by atoms with Gasteiger partial charge in [0.15, 0.2) is 0 Å². The van der Waals surface area contributed by atoms with Gasteiger partial charge in [0.05, 0.1) is 12.2 Å². The first kappa shape index (κ1) is 12.3. The van der Waals surface area contributed by atoms with Crippen LogP contribution in [0.5, 0.6) is 0 Å². The zero-order chi connectivity index (χ0) is 13.1. The van der Waals surface area contributed by atoms with Gasteiger partial charge in [-0.2, -0.15) is 4.98 Å². The van der Waals surface area contributed by atoms with Gasteiger partial charge in [-0.25, -0.2) is 9.48 Å². The van der Waals surface area contributed by atoms with Gasteiger partial charge in [0.1, 0.15) is 5.82 Å². The molecule has 18 heavy (non-hydrogen) atoms. The zero-order valence-corrected chi connectivity index (χ0v) is 10.5. The first-order valence-corrected chi connectivity index (χ1v) is 5.88. The van der Waals surface area contributed by atoms with Crippen molar-refractivity contribution in [3.8, 4) is 0 Å². The van der Waals surface area contributed by atoms with Crippen molar-refractivity contribution in [1.29, 1.82) is 0 Å². The maximum absolute atomic E-state index is 11.5. The Kier molecular flexibility index (Phi) is 3.40. The van der Waals surface area contributed by atoms with E-state index in [1.165, 1.54) is 4.57 Å². The number of hydrogen-bond donors (Lipinski definition) is 1. The van der Waals surface area contributed by atoms with Crippen LogP contribution in [0.4, 0.5) is 5.82 Å². The standard InChI is InChI=1S/C11H16N6O/c1-3-9-7-17(15-14-9)6-8-5-16(4-2)11(18)13-10(8)12/h5,7H,3-4,6H2,1-2H3,(H2,12,13,18). The second kappa shape index (κ2) is 4.99. The van der Waals surface area contributed by atoms with Crippen molar-refractivity contribution >= 4 is 5.82 Å². The molecular weight excluding hydrogens is 232 g/mol. The van der Waals surface area contributed by atoms with Gasteiger partial charge in [0, 0.05) is 24.5 Å². The smallest absolute Gasteiger partial charge is 0.349 e. The van der Waals surface area contributed by atoms with E-state index in [-0.39, 0.29) is 11.5 Å². The number of nitrogens with zero attached hydrogens (tertiary/aromatic N) is 5. The molecule has 0 saturated heterocycles. The molecule has 7 heteroatoms. The lowest BCUT2D eigenvalue weighted by Gasteiger charge is -2.07. The Labute approximate surface area is 104 Å². The fourth-order valence-electron chi connectivity index (χ4n) is 1.65. The van der Waals surface area contributed by atoms with Crippen LogP contribution in [0.15, 0.2) is 17.2 Å². The Morgan fingerprint density at radius 3 is 2.72 bits per heavy atom. The summed E-state index contributed by atoms with van der Waals surface area (Å²) in [5.41, 5.74) is 7.11. The van der Waals surface area contributed by atoms with E-state index in [0.717, 1.165) is 17.7 Å². The lowest BCUT2D eigenvalue weighted by Crippen LogP contribution is -2.24. The normalized spacial score (nSPS) is 10.8. The zero-order valence-electron chi connectivity index (χ0n) is 10.5. The van der Waals surface area contributed by atoms with Crippen LogP contribution in [-0.4, -0.2) is 24.5 Å². The molecule has 0 fully saturated rings. The molecule has 0 aliphatic carbocycles. The molecule has 0 unspecified atom stereocenters. The fraction of sp³-hybridized carbons (Fsp3) is 0.455. The predicted molar refractivity (Wildman–Crippen MR) is 67.1 cm³/mol. The van der Waals surface area contributed by atoms with Gasteiger partial charge < -0.3 is 5.73 Å². The Bertz CT molecular complexity index is 600. The van der Waals surface area contributed by atoms with Gasteiger partial charge >= 0.3 is 5.69 Å². The SMILES string of the molecule is CCc1cn(Cc2cn(CC)c(=O)nc2N)nn1. The molecule has 2 N–H and O–H groups in total. The van der Waals surface area contributed by atoms with Gasteiger partial charge in [0.2, 0.25) is 0 Å². The highest BCUT2D eigenvalue weighted by atomic mass is 16.1. The summed E-state index contributed by atoms with van der Waals surface area (Å²) < 4.78 is 3.21. The Balaban J connectivity index is 2.30. The van der Waals surface area contributed by atoms with Crippen LogP contribution in [0.3, 0.4) is 0 Å². The number of rotatable bonds is 4. The second-order valence-corrected chi connectivity index (χ2v) is 3.98. The predicted octanol–water partition coefficient (Wildman–Crippen LogP) is 0.0476. The Hall–Kier alpha value is -2.18. The highest BCUT2D eigenvalue weighted by molar-refractivity contribution is 5.36. The van der Waals surface area contributed by atoms with E-state index >= 15 is 0 Å². The topological polar surface area (TPSA) is 91.6 Å². The van der Waals surface area contributed by atoms with E-state index in [2.05, 4.69) is 15.3 Å². The average Bonchev–Trinajstić information content (AvgIpc) is 2.80. The molecule has 0 amide bonds. The van der Waals surface area contributed by atoms with Crippen LogP contribution in [0, 0.1) is 0 Å². The first-order valence-electron chi connectivity index (χ1n) is 5.88. The van der Waals surface area contributed by atoms with Crippen LogP contribution < -0.4 is 11.4 Å². The molecule has 2 aromatic heterocycles. The molecule has 96 valence electrons. The van der Waals surface area contributed by atoms with Crippen LogP contribution in [0.1, 0.15) is 25.1 Å². The second-order valence-electron chi connectivity index (χ2n) is 3.98. The summed E-state index contributed by atoms with van der Waals surface area (Å²) in [4.78, 5) is 15.3. The van der Waals surface area contributed by atoms with Gasteiger partial charge in [-0.1, -0.05) is 12.1 Å². The molecule has 0 aliphatic rings. The third kappa shape index (κ3) is 2.39. The quantitative estimate of drug-likeness (QED) is 0.825. The third-order valence-corrected chi connectivity index (χ3v) is 2.72. The number of anilines is 1. The molecule has 0 aliphatic heterocycles. The third-order valence-electron chi connectivity index (χ3n) is 2.72. The van der Waals surface area contributed by atoms with Gasteiger partial charge in [-0.15, -0.1) is 5.10 Å². The van der Waals surface area contributed by atoms with E-state index in [4.69, 9.17) is 5.73 Å². The number of aryl methyl sites for hydroxylation is 2. The molecule has 2 rings (SSSR count). The molecule has 0 radical (unpaired) electrons. The summed E-state index contributed by atoms with van der Waals surface area (Å²) in [6.45, 7) is 4.93. The largest absolute Gasteiger partial charge is 0.383 e. The fourth-order valence-corrected chi connectivity index (χ4v) is 1.65. The van der Waals surface area contributed by atoms with E-state index in [1.54, 1.807) is 10.9 Å². The monoisotopic (exact) mass is 248 g/mol. The molecule has 0 aromatic carbocycles. The van der Waals surface area contributed by atoms with Crippen molar-refractivity contribution in [1.82, 2.24) is 24.5 Å². The summed E-state index contributed by atoms with van der Waals surface area (Å²) in [6, 6.07) is 0.